The van der Waals surface area contributed by atoms with Crippen molar-refractivity contribution in [3.8, 4) is 11.5 Å². The molecule has 1 aliphatic rings. The number of aliphatic hydroxyl groups excluding tert-OH is 2. The van der Waals surface area contributed by atoms with Gasteiger partial charge < -0.3 is 24.8 Å². The van der Waals surface area contributed by atoms with Crippen LogP contribution in [0.3, 0.4) is 0 Å². The third-order valence-corrected chi connectivity index (χ3v) is 6.08. The normalized spacial score (nSPS) is 19.4. The molecular formula is C23H34NO7+. The van der Waals surface area contributed by atoms with Crippen molar-refractivity contribution < 1.29 is 38.9 Å². The van der Waals surface area contributed by atoms with Crippen molar-refractivity contribution in [2.75, 3.05) is 40.0 Å². The fraction of sp³-hybridized carbons (Fsp3) is 0.565. The SMILES string of the molecule is COc1cc(C=CC(=O)[N+](CCO)(CCO)C2CCC(C)CC2)ccc1OCC(=O)O. The van der Waals surface area contributed by atoms with Crippen molar-refractivity contribution in [1.82, 2.24) is 0 Å². The number of benzene rings is 1. The van der Waals surface area contributed by atoms with Gasteiger partial charge in [0.15, 0.2) is 18.1 Å². The van der Waals surface area contributed by atoms with E-state index in [1.807, 2.05) is 0 Å². The predicted octanol–water partition coefficient (Wildman–Crippen LogP) is 2.08. The average Bonchev–Trinajstić information content (AvgIpc) is 2.76. The number of carboxylic acid groups (broad SMARTS) is 1. The number of methoxy groups -OCH3 is 1. The first-order valence-corrected chi connectivity index (χ1v) is 10.7. The summed E-state index contributed by atoms with van der Waals surface area (Å²) in [7, 11) is 1.45. The second kappa shape index (κ2) is 11.8. The van der Waals surface area contributed by atoms with E-state index in [1.54, 1.807) is 24.3 Å². The van der Waals surface area contributed by atoms with Gasteiger partial charge in [0, 0.05) is 18.9 Å². The van der Waals surface area contributed by atoms with Crippen LogP contribution in [0, 0.1) is 5.92 Å². The van der Waals surface area contributed by atoms with Gasteiger partial charge in [-0.3, -0.25) is 4.48 Å². The maximum absolute atomic E-state index is 13.3. The van der Waals surface area contributed by atoms with Gasteiger partial charge in [-0.1, -0.05) is 13.0 Å². The quantitative estimate of drug-likeness (QED) is 0.359. The number of amides is 1. The molecule has 8 heteroatoms. The van der Waals surface area contributed by atoms with Gasteiger partial charge in [-0.25, -0.2) is 9.59 Å². The van der Waals surface area contributed by atoms with Gasteiger partial charge in [-0.05, 0) is 42.5 Å². The van der Waals surface area contributed by atoms with E-state index >= 15 is 0 Å². The Hall–Kier alpha value is -2.42. The number of hydrogen-bond donors (Lipinski definition) is 3. The van der Waals surface area contributed by atoms with E-state index in [2.05, 4.69) is 6.92 Å². The lowest BCUT2D eigenvalue weighted by molar-refractivity contribution is -0.880. The van der Waals surface area contributed by atoms with Gasteiger partial charge in [-0.2, -0.15) is 0 Å². The second-order valence-corrected chi connectivity index (χ2v) is 8.11. The summed E-state index contributed by atoms with van der Waals surface area (Å²) in [6, 6.07) is 5.04. The van der Waals surface area contributed by atoms with Crippen molar-refractivity contribution in [1.29, 1.82) is 0 Å². The van der Waals surface area contributed by atoms with E-state index in [0.29, 0.717) is 23.0 Å². The topological polar surface area (TPSA) is 113 Å². The fourth-order valence-corrected chi connectivity index (χ4v) is 4.33. The van der Waals surface area contributed by atoms with Crippen LogP contribution in [-0.2, 0) is 9.59 Å². The van der Waals surface area contributed by atoms with Crippen molar-refractivity contribution in [2.45, 2.75) is 38.6 Å². The van der Waals surface area contributed by atoms with Crippen LogP contribution in [0.4, 0.5) is 0 Å². The molecule has 3 N–H and O–H groups in total. The molecule has 0 atom stereocenters. The Morgan fingerprint density at radius 2 is 1.74 bits per heavy atom. The average molecular weight is 437 g/mol. The van der Waals surface area contributed by atoms with Gasteiger partial charge in [-0.15, -0.1) is 0 Å². The van der Waals surface area contributed by atoms with Gasteiger partial charge in [0.1, 0.15) is 13.1 Å². The number of aliphatic hydroxyl groups is 2. The molecule has 1 aromatic rings. The molecule has 1 aliphatic carbocycles. The third-order valence-electron chi connectivity index (χ3n) is 6.08. The van der Waals surface area contributed by atoms with Crippen LogP contribution in [0.5, 0.6) is 11.5 Å². The number of nitrogens with zero attached hydrogens (tertiary/aromatic N) is 1. The Bertz CT molecular complexity index is 763. The summed E-state index contributed by atoms with van der Waals surface area (Å²) >= 11 is 0. The summed E-state index contributed by atoms with van der Waals surface area (Å²) in [5.41, 5.74) is 0.691. The zero-order chi connectivity index (χ0) is 22.9. The van der Waals surface area contributed by atoms with E-state index in [4.69, 9.17) is 14.6 Å². The van der Waals surface area contributed by atoms with Crippen LogP contribution in [0.25, 0.3) is 6.08 Å². The Kier molecular flexibility index (Phi) is 9.48. The molecule has 1 saturated carbocycles. The van der Waals surface area contributed by atoms with Crippen molar-refractivity contribution in [3.05, 3.63) is 29.8 Å². The predicted molar refractivity (Wildman–Crippen MR) is 116 cm³/mol. The first-order chi connectivity index (χ1) is 14.9. The number of ether oxygens (including phenoxy) is 2. The highest BCUT2D eigenvalue weighted by molar-refractivity contribution is 5.87. The van der Waals surface area contributed by atoms with Crippen molar-refractivity contribution >= 4 is 18.0 Å². The first kappa shape index (κ1) is 24.8. The molecule has 31 heavy (non-hydrogen) atoms. The Morgan fingerprint density at radius 3 is 2.29 bits per heavy atom. The molecule has 8 nitrogen and oxygen atoms in total. The van der Waals surface area contributed by atoms with Crippen LogP contribution in [0.15, 0.2) is 24.3 Å². The molecule has 2 rings (SSSR count). The van der Waals surface area contributed by atoms with Crippen LogP contribution in [-0.4, -0.2) is 77.7 Å². The molecule has 0 aromatic heterocycles. The number of rotatable bonds is 11. The summed E-state index contributed by atoms with van der Waals surface area (Å²) in [4.78, 5) is 24.1. The van der Waals surface area contributed by atoms with Crippen LogP contribution < -0.4 is 9.47 Å². The van der Waals surface area contributed by atoms with Gasteiger partial charge in [0.25, 0.3) is 0 Å². The highest BCUT2D eigenvalue weighted by Crippen LogP contribution is 2.33. The Labute approximate surface area is 183 Å². The van der Waals surface area contributed by atoms with Crippen molar-refractivity contribution in [2.24, 2.45) is 5.92 Å². The summed E-state index contributed by atoms with van der Waals surface area (Å²) in [6.07, 6.45) is 7.02. The van der Waals surface area contributed by atoms with Crippen LogP contribution in [0.2, 0.25) is 0 Å². The van der Waals surface area contributed by atoms with Gasteiger partial charge >= 0.3 is 11.9 Å². The number of carboxylic acids is 1. The minimum Gasteiger partial charge on any atom is -0.493 e. The summed E-state index contributed by atoms with van der Waals surface area (Å²) in [5.74, 6) is 0.0591. The zero-order valence-electron chi connectivity index (χ0n) is 18.3. The standard InChI is InChI=1S/C23H33NO7/c1-17-3-7-19(8-4-17)24(11-13-25,12-14-26)22(27)10-6-18-5-9-20(21(15-18)30-2)31-16-23(28)29/h5-6,9-10,15,17,19,25-26H,3-4,7-8,11-14,16H2,1-2H3/p+1. The number of aliphatic carboxylic acids is 1. The zero-order valence-corrected chi connectivity index (χ0v) is 18.3. The molecule has 0 saturated heterocycles. The van der Waals surface area contributed by atoms with E-state index in [9.17, 15) is 19.8 Å². The molecule has 1 amide bonds. The minimum atomic E-state index is -1.09. The second-order valence-electron chi connectivity index (χ2n) is 8.11. The smallest absolute Gasteiger partial charge is 0.341 e. The minimum absolute atomic E-state index is 0.0488. The van der Waals surface area contributed by atoms with E-state index < -0.39 is 12.6 Å². The van der Waals surface area contributed by atoms with Gasteiger partial charge in [0.05, 0.1) is 26.4 Å². The first-order valence-electron chi connectivity index (χ1n) is 10.7. The van der Waals surface area contributed by atoms with E-state index in [0.717, 1.165) is 25.7 Å². The van der Waals surface area contributed by atoms with Gasteiger partial charge in [0.2, 0.25) is 0 Å². The molecule has 0 spiro atoms. The number of carbonyl (C=O) groups excluding carboxylic acids is 1. The summed E-state index contributed by atoms with van der Waals surface area (Å²) < 4.78 is 10.5. The molecular weight excluding hydrogens is 402 g/mol. The largest absolute Gasteiger partial charge is 0.493 e. The molecule has 0 aliphatic heterocycles. The fourth-order valence-electron chi connectivity index (χ4n) is 4.33. The van der Waals surface area contributed by atoms with Crippen LogP contribution >= 0.6 is 0 Å². The Balaban J connectivity index is 2.24. The van der Waals surface area contributed by atoms with Crippen LogP contribution in [0.1, 0.15) is 38.2 Å². The van der Waals surface area contributed by atoms with Crippen molar-refractivity contribution in [3.63, 3.8) is 0 Å². The number of carbonyl (C=O) groups is 2. The highest BCUT2D eigenvalue weighted by atomic mass is 16.5. The summed E-state index contributed by atoms with van der Waals surface area (Å²) in [5, 5.41) is 28.1. The molecule has 0 radical (unpaired) electrons. The molecule has 0 bridgehead atoms. The molecule has 1 aromatic carbocycles. The maximum Gasteiger partial charge on any atom is 0.341 e. The molecule has 1 fully saturated rings. The van der Waals surface area contributed by atoms with E-state index in [-0.39, 0.29) is 42.7 Å². The molecule has 172 valence electrons. The highest BCUT2D eigenvalue weighted by Gasteiger charge is 2.43. The lowest BCUT2D eigenvalue weighted by atomic mass is 9.85. The summed E-state index contributed by atoms with van der Waals surface area (Å²) in [6.45, 7) is 2.01. The lowest BCUT2D eigenvalue weighted by Gasteiger charge is -2.43. The third kappa shape index (κ3) is 6.53. The molecule has 0 unspecified atom stereocenters. The molecule has 0 heterocycles. The lowest BCUT2D eigenvalue weighted by Crippen LogP contribution is -2.62. The number of hydrogen-bond acceptors (Lipinski definition) is 6. The monoisotopic (exact) mass is 436 g/mol. The number of quaternary nitrogens is 1. The van der Waals surface area contributed by atoms with E-state index in [1.165, 1.54) is 13.2 Å². The maximum atomic E-state index is 13.3. The Morgan fingerprint density at radius 1 is 1.10 bits per heavy atom.